The van der Waals surface area contributed by atoms with Gasteiger partial charge in [-0.1, -0.05) is 6.42 Å². The number of hydrazine groups is 1. The van der Waals surface area contributed by atoms with Crippen LogP contribution in [0.25, 0.3) is 0 Å². The first kappa shape index (κ1) is 22.2. The van der Waals surface area contributed by atoms with Crippen LogP contribution in [0, 0.1) is 0 Å². The fraction of sp³-hybridized carbons (Fsp3) is 0.632. The van der Waals surface area contributed by atoms with Crippen LogP contribution >= 0.6 is 0 Å². The van der Waals surface area contributed by atoms with Crippen LogP contribution in [0.5, 0.6) is 0 Å². The number of sulfonamides is 1. The zero-order valence-electron chi connectivity index (χ0n) is 17.1. The summed E-state index contributed by atoms with van der Waals surface area (Å²) in [7, 11) is -3.35. The number of piperidine rings is 1. The van der Waals surface area contributed by atoms with E-state index in [-0.39, 0.29) is 28.4 Å². The molecule has 162 valence electrons. The molecule has 2 aliphatic rings. The van der Waals surface area contributed by atoms with E-state index >= 15 is 0 Å². The van der Waals surface area contributed by atoms with E-state index in [2.05, 4.69) is 0 Å². The van der Waals surface area contributed by atoms with Crippen LogP contribution in [0.15, 0.2) is 29.2 Å². The summed E-state index contributed by atoms with van der Waals surface area (Å²) in [5.74, 6) is -0.330. The smallest absolute Gasteiger partial charge is 0.268 e. The normalized spacial score (nSPS) is 25.2. The molecule has 0 spiro atoms. The van der Waals surface area contributed by atoms with Crippen molar-refractivity contribution in [3.8, 4) is 0 Å². The lowest BCUT2D eigenvalue weighted by Gasteiger charge is -2.34. The molecule has 8 nitrogen and oxygen atoms in total. The lowest BCUT2D eigenvalue weighted by atomic mass is 10.1. The maximum Gasteiger partial charge on any atom is 0.268 e. The third kappa shape index (κ3) is 4.65. The van der Waals surface area contributed by atoms with Gasteiger partial charge in [0.2, 0.25) is 10.0 Å². The summed E-state index contributed by atoms with van der Waals surface area (Å²) >= 11 is 0. The average molecular weight is 444 g/mol. The van der Waals surface area contributed by atoms with Gasteiger partial charge in [-0.05, 0) is 50.5 Å². The van der Waals surface area contributed by atoms with E-state index < -0.39 is 25.9 Å². The Hall–Kier alpha value is -1.49. The van der Waals surface area contributed by atoms with Gasteiger partial charge < -0.3 is 0 Å². The highest BCUT2D eigenvalue weighted by atomic mass is 32.2. The topological polar surface area (TPSA) is 95.1 Å². The first-order valence-corrected chi connectivity index (χ1v) is 13.1. The SMILES string of the molecule is C[C@@H]1CCCCN1S(=O)(=O)c1ccc(C(=O)N([C@@H]2CCS(=O)(=O)C2)N(C)C)cc1. The zero-order chi connectivity index (χ0) is 21.4. The van der Waals surface area contributed by atoms with Crippen molar-refractivity contribution in [1.82, 2.24) is 14.3 Å². The van der Waals surface area contributed by atoms with Crippen molar-refractivity contribution in [3.63, 3.8) is 0 Å². The molecule has 0 radical (unpaired) electrons. The number of hydrogen-bond acceptors (Lipinski definition) is 6. The summed E-state index contributed by atoms with van der Waals surface area (Å²) < 4.78 is 51.1. The minimum Gasteiger partial charge on any atom is -0.268 e. The lowest BCUT2D eigenvalue weighted by Crippen LogP contribution is -2.49. The predicted octanol–water partition coefficient (Wildman–Crippen LogP) is 1.36. The molecule has 0 aliphatic carbocycles. The first-order valence-electron chi connectivity index (χ1n) is 9.86. The maximum atomic E-state index is 13.0. The molecule has 2 fully saturated rings. The molecule has 3 rings (SSSR count). The van der Waals surface area contributed by atoms with Crippen LogP contribution in [0.4, 0.5) is 0 Å². The van der Waals surface area contributed by atoms with Gasteiger partial charge in [-0.3, -0.25) is 9.80 Å². The fourth-order valence-electron chi connectivity index (χ4n) is 4.11. The molecule has 0 N–H and O–H groups in total. The number of nitrogens with zero attached hydrogens (tertiary/aromatic N) is 3. The van der Waals surface area contributed by atoms with E-state index in [9.17, 15) is 21.6 Å². The Balaban J connectivity index is 1.82. The average Bonchev–Trinajstić information content (AvgIpc) is 3.01. The Kier molecular flexibility index (Phi) is 6.38. The highest BCUT2D eigenvalue weighted by molar-refractivity contribution is 7.91. The van der Waals surface area contributed by atoms with Gasteiger partial charge in [-0.25, -0.2) is 21.8 Å². The number of amides is 1. The minimum atomic E-state index is -3.60. The van der Waals surface area contributed by atoms with Crippen molar-refractivity contribution in [2.24, 2.45) is 0 Å². The third-order valence-corrected chi connectivity index (χ3v) is 9.42. The number of benzene rings is 1. The third-order valence-electron chi connectivity index (χ3n) is 5.64. The molecule has 29 heavy (non-hydrogen) atoms. The molecule has 2 atom stereocenters. The van der Waals surface area contributed by atoms with Gasteiger partial charge in [0, 0.05) is 32.2 Å². The molecule has 0 bridgehead atoms. The van der Waals surface area contributed by atoms with Crippen LogP contribution < -0.4 is 0 Å². The molecule has 1 amide bonds. The molecule has 0 aromatic heterocycles. The largest absolute Gasteiger partial charge is 0.268 e. The summed E-state index contributed by atoms with van der Waals surface area (Å²) in [6, 6.07) is 5.48. The zero-order valence-corrected chi connectivity index (χ0v) is 18.7. The monoisotopic (exact) mass is 443 g/mol. The second kappa shape index (κ2) is 8.33. The standard InChI is InChI=1S/C19H29N3O5S2/c1-15-6-4-5-12-21(15)29(26,27)18-9-7-16(8-10-18)19(23)22(20(2)3)17-11-13-28(24,25)14-17/h7-10,15,17H,4-6,11-14H2,1-3H3/t15-,17-/m1/s1. The van der Waals surface area contributed by atoms with Crippen molar-refractivity contribution in [2.75, 3.05) is 32.1 Å². The van der Waals surface area contributed by atoms with Crippen molar-refractivity contribution < 1.29 is 21.6 Å². The molecule has 2 saturated heterocycles. The summed E-state index contributed by atoms with van der Waals surface area (Å²) in [6.07, 6.45) is 3.11. The molecular weight excluding hydrogens is 414 g/mol. The van der Waals surface area contributed by atoms with E-state index in [1.807, 2.05) is 6.92 Å². The molecule has 2 heterocycles. The second-order valence-electron chi connectivity index (χ2n) is 8.04. The van der Waals surface area contributed by atoms with Crippen LogP contribution in [-0.4, -0.2) is 81.3 Å². The summed E-state index contributed by atoms with van der Waals surface area (Å²) in [5.41, 5.74) is 0.327. The van der Waals surface area contributed by atoms with Gasteiger partial charge >= 0.3 is 0 Å². The fourth-order valence-corrected chi connectivity index (χ4v) is 7.50. The number of carbonyl (C=O) groups excluding carboxylic acids is 1. The van der Waals surface area contributed by atoms with Crippen LogP contribution in [0.1, 0.15) is 43.0 Å². The van der Waals surface area contributed by atoms with Gasteiger partial charge in [0.1, 0.15) is 0 Å². The van der Waals surface area contributed by atoms with Gasteiger partial charge in [0.15, 0.2) is 9.84 Å². The van der Waals surface area contributed by atoms with Crippen LogP contribution in [0.3, 0.4) is 0 Å². The van der Waals surface area contributed by atoms with Gasteiger partial charge in [0.25, 0.3) is 5.91 Å². The molecule has 0 unspecified atom stereocenters. The number of hydrogen-bond donors (Lipinski definition) is 0. The van der Waals surface area contributed by atoms with E-state index in [1.165, 1.54) is 33.6 Å². The number of sulfone groups is 1. The highest BCUT2D eigenvalue weighted by Gasteiger charge is 2.37. The van der Waals surface area contributed by atoms with Crippen molar-refractivity contribution in [3.05, 3.63) is 29.8 Å². The molecule has 2 aliphatic heterocycles. The Morgan fingerprint density at radius 2 is 1.76 bits per heavy atom. The minimum absolute atomic E-state index is 0.0383. The summed E-state index contributed by atoms with van der Waals surface area (Å²) in [6.45, 7) is 2.42. The Labute approximate surface area is 173 Å². The Morgan fingerprint density at radius 1 is 1.10 bits per heavy atom. The molecule has 10 heteroatoms. The lowest BCUT2D eigenvalue weighted by molar-refractivity contribution is 0.00100. The Morgan fingerprint density at radius 3 is 2.28 bits per heavy atom. The van der Waals surface area contributed by atoms with E-state index in [0.717, 1.165) is 19.3 Å². The van der Waals surface area contributed by atoms with E-state index in [1.54, 1.807) is 19.1 Å². The highest BCUT2D eigenvalue weighted by Crippen LogP contribution is 2.26. The quantitative estimate of drug-likeness (QED) is 0.638. The Bertz CT molecular complexity index is 958. The maximum absolute atomic E-state index is 13.0. The van der Waals surface area contributed by atoms with Crippen molar-refractivity contribution >= 4 is 25.8 Å². The van der Waals surface area contributed by atoms with Gasteiger partial charge in [0.05, 0.1) is 22.4 Å². The van der Waals surface area contributed by atoms with Gasteiger partial charge in [-0.2, -0.15) is 4.31 Å². The van der Waals surface area contributed by atoms with E-state index in [4.69, 9.17) is 0 Å². The van der Waals surface area contributed by atoms with Gasteiger partial charge in [-0.15, -0.1) is 0 Å². The molecule has 1 aromatic rings. The van der Waals surface area contributed by atoms with Crippen molar-refractivity contribution in [1.29, 1.82) is 0 Å². The molecular formula is C19H29N3O5S2. The number of rotatable bonds is 5. The summed E-state index contributed by atoms with van der Waals surface area (Å²) in [5, 5.41) is 3.04. The van der Waals surface area contributed by atoms with Crippen LogP contribution in [0.2, 0.25) is 0 Å². The molecule has 0 saturated carbocycles. The summed E-state index contributed by atoms with van der Waals surface area (Å²) in [4.78, 5) is 13.2. The molecule has 1 aromatic carbocycles. The second-order valence-corrected chi connectivity index (χ2v) is 12.2. The predicted molar refractivity (Wildman–Crippen MR) is 111 cm³/mol. The van der Waals surface area contributed by atoms with Crippen LogP contribution in [-0.2, 0) is 19.9 Å². The first-order chi connectivity index (χ1) is 13.5. The van der Waals surface area contributed by atoms with Crippen molar-refractivity contribution in [2.45, 2.75) is 49.6 Å². The van der Waals surface area contributed by atoms with E-state index in [0.29, 0.717) is 18.5 Å². The number of carbonyl (C=O) groups is 1.